The van der Waals surface area contributed by atoms with Gasteiger partial charge >= 0.3 is 0 Å². The van der Waals surface area contributed by atoms with Gasteiger partial charge in [0.05, 0.1) is 20.8 Å². The highest BCUT2D eigenvalue weighted by Gasteiger charge is 2.10. The largest absolute Gasteiger partial charge is 0.493 e. The lowest BCUT2D eigenvalue weighted by atomic mass is 10.2. The van der Waals surface area contributed by atoms with E-state index in [2.05, 4.69) is 0 Å². The molecule has 3 nitrogen and oxygen atoms in total. The molecule has 0 N–H and O–H groups in total. The highest BCUT2D eigenvalue weighted by molar-refractivity contribution is 6.17. The summed E-state index contributed by atoms with van der Waals surface area (Å²) in [6, 6.07) is 5.61. The summed E-state index contributed by atoms with van der Waals surface area (Å²) in [4.78, 5) is 0. The van der Waals surface area contributed by atoms with Gasteiger partial charge < -0.3 is 14.2 Å². The second-order valence-corrected chi connectivity index (χ2v) is 4.32. The van der Waals surface area contributed by atoms with Crippen molar-refractivity contribution in [2.45, 2.75) is 25.7 Å². The lowest BCUT2D eigenvalue weighted by molar-refractivity contribution is 0.267. The molecule has 0 aliphatic heterocycles. The normalized spacial score (nSPS) is 10.2. The molecular weight excluding hydrogens is 252 g/mol. The Hall–Kier alpha value is -1.09. The van der Waals surface area contributed by atoms with E-state index in [1.807, 2.05) is 18.2 Å². The monoisotopic (exact) mass is 272 g/mol. The Morgan fingerprint density at radius 1 is 0.944 bits per heavy atom. The van der Waals surface area contributed by atoms with E-state index in [1.165, 1.54) is 0 Å². The van der Waals surface area contributed by atoms with Gasteiger partial charge in [0.25, 0.3) is 0 Å². The average molecular weight is 273 g/mol. The third-order valence-electron chi connectivity index (χ3n) is 2.66. The number of alkyl halides is 1. The van der Waals surface area contributed by atoms with Gasteiger partial charge in [-0.05, 0) is 25.0 Å². The molecule has 18 heavy (non-hydrogen) atoms. The third kappa shape index (κ3) is 4.65. The second-order valence-electron chi connectivity index (χ2n) is 3.94. The molecule has 0 saturated carbocycles. The van der Waals surface area contributed by atoms with Gasteiger partial charge in [-0.25, -0.2) is 0 Å². The summed E-state index contributed by atoms with van der Waals surface area (Å²) in [5.74, 6) is 2.83. The van der Waals surface area contributed by atoms with E-state index in [4.69, 9.17) is 25.8 Å². The first kappa shape index (κ1) is 15.0. The molecule has 0 atom stereocenters. The average Bonchev–Trinajstić information content (AvgIpc) is 2.42. The molecule has 0 fully saturated rings. The van der Waals surface area contributed by atoms with Crippen LogP contribution in [0.4, 0.5) is 0 Å². The smallest absolute Gasteiger partial charge is 0.203 e. The fourth-order valence-corrected chi connectivity index (χ4v) is 1.87. The number of rotatable bonds is 9. The lowest BCUT2D eigenvalue weighted by Crippen LogP contribution is -2.01. The van der Waals surface area contributed by atoms with Gasteiger partial charge in [0.2, 0.25) is 5.75 Å². The molecule has 4 heteroatoms. The molecule has 1 aromatic rings. The van der Waals surface area contributed by atoms with E-state index >= 15 is 0 Å². The van der Waals surface area contributed by atoms with E-state index in [1.54, 1.807) is 14.2 Å². The number of unbranched alkanes of at least 4 members (excludes halogenated alkanes) is 3. The molecule has 1 aromatic carbocycles. The van der Waals surface area contributed by atoms with E-state index in [0.717, 1.165) is 31.6 Å². The van der Waals surface area contributed by atoms with Crippen molar-refractivity contribution in [3.05, 3.63) is 18.2 Å². The summed E-state index contributed by atoms with van der Waals surface area (Å²) in [6.45, 7) is 0.666. The lowest BCUT2D eigenvalue weighted by Gasteiger charge is -2.13. The van der Waals surface area contributed by atoms with Crippen LogP contribution >= 0.6 is 11.6 Å². The Morgan fingerprint density at radius 2 is 1.56 bits per heavy atom. The highest BCUT2D eigenvalue weighted by Crippen LogP contribution is 2.36. The van der Waals surface area contributed by atoms with Crippen molar-refractivity contribution in [1.82, 2.24) is 0 Å². The quantitative estimate of drug-likeness (QED) is 0.504. The zero-order valence-corrected chi connectivity index (χ0v) is 11.8. The van der Waals surface area contributed by atoms with Crippen LogP contribution in [0.1, 0.15) is 25.7 Å². The van der Waals surface area contributed by atoms with Crippen molar-refractivity contribution in [3.8, 4) is 17.2 Å². The summed E-state index contributed by atoms with van der Waals surface area (Å²) in [5, 5.41) is 0. The fraction of sp³-hybridized carbons (Fsp3) is 0.571. The minimum Gasteiger partial charge on any atom is -0.493 e. The molecule has 0 radical (unpaired) electrons. The second kappa shape index (κ2) is 8.92. The summed E-state index contributed by atoms with van der Waals surface area (Å²) < 4.78 is 16.3. The molecule has 0 spiro atoms. The number of halogens is 1. The van der Waals surface area contributed by atoms with Crippen LogP contribution < -0.4 is 14.2 Å². The maximum absolute atomic E-state index is 5.75. The van der Waals surface area contributed by atoms with Gasteiger partial charge in [-0.15, -0.1) is 11.6 Å². The molecule has 0 bridgehead atoms. The number of methoxy groups -OCH3 is 2. The molecule has 0 aliphatic carbocycles. The molecule has 0 saturated heterocycles. The van der Waals surface area contributed by atoms with E-state index in [0.29, 0.717) is 23.9 Å². The first-order valence-corrected chi connectivity index (χ1v) is 6.76. The van der Waals surface area contributed by atoms with Gasteiger partial charge in [-0.2, -0.15) is 0 Å². The number of para-hydroxylation sites is 1. The van der Waals surface area contributed by atoms with Crippen molar-refractivity contribution in [3.63, 3.8) is 0 Å². The van der Waals surface area contributed by atoms with Crippen LogP contribution in [0.25, 0.3) is 0 Å². The zero-order chi connectivity index (χ0) is 13.2. The minimum atomic E-state index is 0.666. The molecule has 0 aromatic heterocycles. The topological polar surface area (TPSA) is 27.7 Å². The molecule has 102 valence electrons. The summed E-state index contributed by atoms with van der Waals surface area (Å²) in [7, 11) is 3.25. The van der Waals surface area contributed by atoms with Crippen LogP contribution in [0.5, 0.6) is 17.2 Å². The van der Waals surface area contributed by atoms with E-state index in [-0.39, 0.29) is 0 Å². The molecule has 0 heterocycles. The summed E-state index contributed by atoms with van der Waals surface area (Å²) in [6.07, 6.45) is 4.36. The van der Waals surface area contributed by atoms with Crippen LogP contribution in [-0.4, -0.2) is 26.7 Å². The van der Waals surface area contributed by atoms with Crippen LogP contribution in [0.15, 0.2) is 18.2 Å². The molecule has 0 aliphatic rings. The van der Waals surface area contributed by atoms with E-state index < -0.39 is 0 Å². The van der Waals surface area contributed by atoms with Crippen molar-refractivity contribution in [2.75, 3.05) is 26.7 Å². The Bertz CT molecular complexity index is 320. The number of ether oxygens (including phenoxy) is 3. The standard InChI is InChI=1S/C14H21ClO3/c1-16-12-8-7-9-13(17-2)14(12)18-11-6-4-3-5-10-15/h7-9H,3-6,10-11H2,1-2H3. The van der Waals surface area contributed by atoms with Gasteiger partial charge in [-0.3, -0.25) is 0 Å². The predicted molar refractivity (Wildman–Crippen MR) is 74.2 cm³/mol. The van der Waals surface area contributed by atoms with Crippen molar-refractivity contribution in [2.24, 2.45) is 0 Å². The first-order valence-electron chi connectivity index (χ1n) is 6.23. The third-order valence-corrected chi connectivity index (χ3v) is 2.92. The number of hydrogen-bond acceptors (Lipinski definition) is 3. The predicted octanol–water partition coefficient (Wildman–Crippen LogP) is 3.88. The van der Waals surface area contributed by atoms with Gasteiger partial charge in [0.15, 0.2) is 11.5 Å². The Kier molecular flexibility index (Phi) is 7.42. The molecule has 0 amide bonds. The van der Waals surface area contributed by atoms with Crippen molar-refractivity contribution >= 4 is 11.6 Å². The number of benzene rings is 1. The van der Waals surface area contributed by atoms with Crippen LogP contribution in [-0.2, 0) is 0 Å². The first-order chi connectivity index (χ1) is 8.83. The Balaban J connectivity index is 2.45. The SMILES string of the molecule is COc1cccc(OC)c1OCCCCCCCl. The highest BCUT2D eigenvalue weighted by atomic mass is 35.5. The molecule has 1 rings (SSSR count). The molecule has 0 unspecified atom stereocenters. The van der Waals surface area contributed by atoms with Crippen LogP contribution in [0, 0.1) is 0 Å². The number of hydrogen-bond donors (Lipinski definition) is 0. The van der Waals surface area contributed by atoms with Gasteiger partial charge in [-0.1, -0.05) is 18.9 Å². The van der Waals surface area contributed by atoms with Gasteiger partial charge in [0.1, 0.15) is 0 Å². The van der Waals surface area contributed by atoms with Crippen LogP contribution in [0.2, 0.25) is 0 Å². The van der Waals surface area contributed by atoms with Crippen molar-refractivity contribution < 1.29 is 14.2 Å². The summed E-state index contributed by atoms with van der Waals surface area (Å²) in [5.41, 5.74) is 0. The summed E-state index contributed by atoms with van der Waals surface area (Å²) >= 11 is 5.63. The maximum Gasteiger partial charge on any atom is 0.203 e. The fourth-order valence-electron chi connectivity index (χ4n) is 1.68. The Morgan fingerprint density at radius 3 is 2.11 bits per heavy atom. The minimum absolute atomic E-state index is 0.666. The molecular formula is C14H21ClO3. The van der Waals surface area contributed by atoms with Gasteiger partial charge in [0, 0.05) is 5.88 Å². The van der Waals surface area contributed by atoms with Crippen molar-refractivity contribution in [1.29, 1.82) is 0 Å². The van der Waals surface area contributed by atoms with E-state index in [9.17, 15) is 0 Å². The zero-order valence-electron chi connectivity index (χ0n) is 11.1. The Labute approximate surface area is 114 Å². The maximum atomic E-state index is 5.75. The van der Waals surface area contributed by atoms with Crippen LogP contribution in [0.3, 0.4) is 0 Å².